The van der Waals surface area contributed by atoms with Gasteiger partial charge in [-0.1, -0.05) is 13.8 Å². The van der Waals surface area contributed by atoms with Crippen molar-refractivity contribution in [2.45, 2.75) is 64.4 Å². The van der Waals surface area contributed by atoms with Gasteiger partial charge in [-0.3, -0.25) is 4.79 Å². The van der Waals surface area contributed by atoms with Gasteiger partial charge < -0.3 is 24.2 Å². The molecule has 4 heterocycles. The zero-order valence-electron chi connectivity index (χ0n) is 17.6. The standard InChI is InChI=1S/C22H29NO7/c1-4-15-14-11-23(16(9-19(24)25)18-8-12(2)20(26)28-18)7-5-6-17(14)29-22(15)10-13(3)21(27)30-22/h9-10,12,14-15,17-18H,4-8,11H2,1-3H3,(H,24,25). The zero-order valence-corrected chi connectivity index (χ0v) is 17.6. The number of hydrogen-bond acceptors (Lipinski definition) is 7. The maximum absolute atomic E-state index is 12.1. The van der Waals surface area contributed by atoms with Crippen LogP contribution in [0.15, 0.2) is 23.4 Å². The first-order valence-corrected chi connectivity index (χ1v) is 10.7. The van der Waals surface area contributed by atoms with Crippen LogP contribution in [0.3, 0.4) is 0 Å². The average molecular weight is 419 g/mol. The smallest absolute Gasteiger partial charge is 0.336 e. The molecule has 4 aliphatic rings. The molecule has 3 saturated heterocycles. The van der Waals surface area contributed by atoms with Crippen LogP contribution in [0.25, 0.3) is 0 Å². The third kappa shape index (κ3) is 3.51. The quantitative estimate of drug-likeness (QED) is 0.547. The van der Waals surface area contributed by atoms with E-state index in [2.05, 4.69) is 6.92 Å². The van der Waals surface area contributed by atoms with E-state index < -0.39 is 17.9 Å². The number of nitrogens with zero attached hydrogens (tertiary/aromatic N) is 1. The Labute approximate surface area is 175 Å². The number of carboxylic acid groups (broad SMARTS) is 1. The molecule has 1 spiro atoms. The van der Waals surface area contributed by atoms with Crippen molar-refractivity contribution in [2.75, 3.05) is 13.1 Å². The SMILES string of the molecule is CCC1C2CN(C(=CC(=O)O)C3CC(C)C(=O)O3)CCCC2OC12C=C(C)C(=O)O2. The van der Waals surface area contributed by atoms with Gasteiger partial charge in [-0.2, -0.15) is 0 Å². The second kappa shape index (κ2) is 7.72. The Morgan fingerprint density at radius 1 is 1.40 bits per heavy atom. The van der Waals surface area contributed by atoms with E-state index in [-0.39, 0.29) is 35.8 Å². The Morgan fingerprint density at radius 3 is 2.73 bits per heavy atom. The van der Waals surface area contributed by atoms with E-state index in [1.54, 1.807) is 19.9 Å². The van der Waals surface area contributed by atoms with Crippen LogP contribution in [0.2, 0.25) is 0 Å². The first kappa shape index (κ1) is 20.9. The topological polar surface area (TPSA) is 102 Å². The van der Waals surface area contributed by atoms with Gasteiger partial charge in [0.25, 0.3) is 0 Å². The molecule has 8 heteroatoms. The summed E-state index contributed by atoms with van der Waals surface area (Å²) >= 11 is 0. The highest BCUT2D eigenvalue weighted by Crippen LogP contribution is 2.50. The lowest BCUT2D eigenvalue weighted by molar-refractivity contribution is -0.204. The molecule has 0 bridgehead atoms. The minimum Gasteiger partial charge on any atom is -0.478 e. The lowest BCUT2D eigenvalue weighted by Crippen LogP contribution is -2.40. The van der Waals surface area contributed by atoms with Crippen molar-refractivity contribution in [3.8, 4) is 0 Å². The summed E-state index contributed by atoms with van der Waals surface area (Å²) < 4.78 is 17.5. The molecule has 0 aliphatic carbocycles. The molecule has 164 valence electrons. The highest BCUT2D eigenvalue weighted by Gasteiger charge is 2.58. The van der Waals surface area contributed by atoms with Crippen LogP contribution >= 0.6 is 0 Å². The van der Waals surface area contributed by atoms with Gasteiger partial charge in [-0.15, -0.1) is 0 Å². The molecule has 8 nitrogen and oxygen atoms in total. The third-order valence-electron chi connectivity index (χ3n) is 6.82. The van der Waals surface area contributed by atoms with E-state index >= 15 is 0 Å². The predicted molar refractivity (Wildman–Crippen MR) is 105 cm³/mol. The van der Waals surface area contributed by atoms with Gasteiger partial charge in [0, 0.05) is 43.0 Å². The second-order valence-electron chi connectivity index (χ2n) is 8.83. The Morgan fingerprint density at radius 2 is 2.17 bits per heavy atom. The minimum atomic E-state index is -1.06. The summed E-state index contributed by atoms with van der Waals surface area (Å²) in [6.45, 7) is 6.81. The number of carbonyl (C=O) groups excluding carboxylic acids is 2. The van der Waals surface area contributed by atoms with Crippen LogP contribution < -0.4 is 0 Å². The van der Waals surface area contributed by atoms with Gasteiger partial charge in [-0.05, 0) is 32.3 Å². The van der Waals surface area contributed by atoms with E-state index in [9.17, 15) is 19.5 Å². The Balaban J connectivity index is 1.62. The van der Waals surface area contributed by atoms with E-state index in [0.717, 1.165) is 19.3 Å². The number of fused-ring (bicyclic) bond motifs is 1. The number of esters is 2. The molecule has 3 fully saturated rings. The minimum absolute atomic E-state index is 0.0272. The first-order chi connectivity index (χ1) is 14.2. The fourth-order valence-corrected chi connectivity index (χ4v) is 5.41. The van der Waals surface area contributed by atoms with Gasteiger partial charge >= 0.3 is 17.9 Å². The molecule has 6 unspecified atom stereocenters. The Bertz CT molecular complexity index is 818. The Kier molecular flexibility index (Phi) is 5.38. The Hall–Kier alpha value is -2.35. The number of ether oxygens (including phenoxy) is 3. The molecule has 0 aromatic carbocycles. The maximum Gasteiger partial charge on any atom is 0.336 e. The fourth-order valence-electron chi connectivity index (χ4n) is 5.41. The van der Waals surface area contributed by atoms with E-state index in [0.29, 0.717) is 30.8 Å². The predicted octanol–water partition coefficient (Wildman–Crippen LogP) is 2.24. The molecule has 0 aromatic heterocycles. The largest absolute Gasteiger partial charge is 0.478 e. The molecule has 1 N–H and O–H groups in total. The van der Waals surface area contributed by atoms with Crippen LogP contribution in [0.5, 0.6) is 0 Å². The highest BCUT2D eigenvalue weighted by molar-refractivity contribution is 5.90. The summed E-state index contributed by atoms with van der Waals surface area (Å²) in [5.74, 6) is -2.94. The van der Waals surface area contributed by atoms with Crippen LogP contribution in [-0.2, 0) is 28.6 Å². The summed E-state index contributed by atoms with van der Waals surface area (Å²) in [7, 11) is 0. The van der Waals surface area contributed by atoms with Gasteiger partial charge in [0.15, 0.2) is 0 Å². The fraction of sp³-hybridized carbons (Fsp3) is 0.682. The second-order valence-corrected chi connectivity index (χ2v) is 8.83. The normalized spacial score (nSPS) is 38.9. The van der Waals surface area contributed by atoms with Gasteiger partial charge in [0.1, 0.15) is 6.10 Å². The van der Waals surface area contributed by atoms with Crippen molar-refractivity contribution in [1.82, 2.24) is 4.90 Å². The molecule has 0 aromatic rings. The number of carboxylic acids is 1. The molecule has 0 amide bonds. The summed E-state index contributed by atoms with van der Waals surface area (Å²) in [4.78, 5) is 37.6. The summed E-state index contributed by atoms with van der Waals surface area (Å²) in [6.07, 6.45) is 5.18. The molecule has 4 aliphatic heterocycles. The molecule has 30 heavy (non-hydrogen) atoms. The van der Waals surface area contributed by atoms with Crippen molar-refractivity contribution in [2.24, 2.45) is 17.8 Å². The van der Waals surface area contributed by atoms with E-state index in [1.807, 2.05) is 4.90 Å². The zero-order chi connectivity index (χ0) is 21.6. The molecule has 0 radical (unpaired) electrons. The van der Waals surface area contributed by atoms with Crippen molar-refractivity contribution in [3.05, 3.63) is 23.4 Å². The lowest BCUT2D eigenvalue weighted by atomic mass is 9.82. The number of aliphatic carboxylic acids is 1. The van der Waals surface area contributed by atoms with E-state index in [4.69, 9.17) is 14.2 Å². The van der Waals surface area contributed by atoms with Crippen molar-refractivity contribution in [3.63, 3.8) is 0 Å². The first-order valence-electron chi connectivity index (χ1n) is 10.7. The van der Waals surface area contributed by atoms with Crippen LogP contribution in [0, 0.1) is 17.8 Å². The van der Waals surface area contributed by atoms with Gasteiger partial charge in [0.05, 0.1) is 17.7 Å². The van der Waals surface area contributed by atoms with Crippen LogP contribution in [-0.4, -0.2) is 59.0 Å². The molecular formula is C22H29NO7. The average Bonchev–Trinajstić information content (AvgIpc) is 3.19. The maximum atomic E-state index is 12.1. The summed E-state index contributed by atoms with van der Waals surface area (Å²) in [6, 6.07) is 0. The summed E-state index contributed by atoms with van der Waals surface area (Å²) in [5, 5.41) is 9.45. The molecule has 4 rings (SSSR count). The van der Waals surface area contributed by atoms with Crippen LogP contribution in [0.4, 0.5) is 0 Å². The number of carbonyl (C=O) groups is 3. The van der Waals surface area contributed by atoms with Crippen molar-refractivity contribution < 1.29 is 33.7 Å². The lowest BCUT2D eigenvalue weighted by Gasteiger charge is -2.34. The monoisotopic (exact) mass is 419 g/mol. The van der Waals surface area contributed by atoms with E-state index in [1.165, 1.54) is 6.08 Å². The van der Waals surface area contributed by atoms with Crippen LogP contribution in [0.1, 0.15) is 46.5 Å². The molecule has 0 saturated carbocycles. The third-order valence-corrected chi connectivity index (χ3v) is 6.82. The van der Waals surface area contributed by atoms with Crippen molar-refractivity contribution in [1.29, 1.82) is 0 Å². The van der Waals surface area contributed by atoms with Gasteiger partial charge in [-0.25, -0.2) is 9.59 Å². The molecular weight excluding hydrogens is 390 g/mol. The highest BCUT2D eigenvalue weighted by atomic mass is 16.7. The summed E-state index contributed by atoms with van der Waals surface area (Å²) in [5.41, 5.74) is 1.09. The van der Waals surface area contributed by atoms with Crippen molar-refractivity contribution >= 4 is 17.9 Å². The number of hydrogen-bond donors (Lipinski definition) is 1. The number of rotatable bonds is 4. The molecule has 6 atom stereocenters. The number of cyclic esters (lactones) is 1. The number of likely N-dealkylation sites (tertiary alicyclic amines) is 1. The van der Waals surface area contributed by atoms with Gasteiger partial charge in [0.2, 0.25) is 5.79 Å².